The quantitative estimate of drug-likeness (QED) is 0.654. The zero-order chi connectivity index (χ0) is 18.4. The second kappa shape index (κ2) is 10.1. The van der Waals surface area contributed by atoms with E-state index in [-0.39, 0.29) is 18.3 Å². The van der Waals surface area contributed by atoms with Crippen LogP contribution in [0.2, 0.25) is 0 Å². The third-order valence-electron chi connectivity index (χ3n) is 3.88. The number of hydrogen-bond acceptors (Lipinski definition) is 6. The molecule has 0 unspecified atom stereocenters. The summed E-state index contributed by atoms with van der Waals surface area (Å²) in [4.78, 5) is 28.5. The molecule has 3 aromatic rings. The van der Waals surface area contributed by atoms with Crippen LogP contribution >= 0.6 is 23.7 Å². The Bertz CT molecular complexity index is 857. The molecular weight excluding hydrogens is 382 g/mol. The summed E-state index contributed by atoms with van der Waals surface area (Å²) in [5, 5.41) is 0.657. The van der Waals surface area contributed by atoms with Crippen LogP contribution in [0.25, 0.3) is 10.8 Å². The standard InChI is InChI=1S/C19H21N5OS.ClH/c1-14-16(26-18(23-14)17-21-10-6-11-22-17)19(25)24(12-5-9-20)13-15-7-3-2-4-8-15;/h2-4,6-8,10-11H,5,9,12-13,20H2,1H3;1H. The molecule has 0 radical (unpaired) electrons. The van der Waals surface area contributed by atoms with Crippen LogP contribution < -0.4 is 5.73 Å². The molecule has 1 amide bonds. The average molecular weight is 404 g/mol. The Hall–Kier alpha value is -2.35. The topological polar surface area (TPSA) is 85.0 Å². The lowest BCUT2D eigenvalue weighted by Gasteiger charge is -2.22. The molecule has 3 rings (SSSR count). The smallest absolute Gasteiger partial charge is 0.266 e. The van der Waals surface area contributed by atoms with Gasteiger partial charge in [-0.2, -0.15) is 0 Å². The molecule has 27 heavy (non-hydrogen) atoms. The third-order valence-corrected chi connectivity index (χ3v) is 5.02. The fraction of sp³-hybridized carbons (Fsp3) is 0.263. The number of nitrogens with two attached hydrogens (primary N) is 1. The lowest BCUT2D eigenvalue weighted by Crippen LogP contribution is -2.32. The van der Waals surface area contributed by atoms with Gasteiger partial charge in [-0.05, 0) is 31.5 Å². The molecule has 0 aliphatic carbocycles. The van der Waals surface area contributed by atoms with Gasteiger partial charge >= 0.3 is 0 Å². The Morgan fingerprint density at radius 1 is 1.15 bits per heavy atom. The highest BCUT2D eigenvalue weighted by atomic mass is 35.5. The molecule has 6 nitrogen and oxygen atoms in total. The number of halogens is 1. The van der Waals surface area contributed by atoms with Gasteiger partial charge in [-0.3, -0.25) is 4.79 Å². The van der Waals surface area contributed by atoms with E-state index < -0.39 is 0 Å². The lowest BCUT2D eigenvalue weighted by molar-refractivity contribution is 0.0746. The first-order valence-corrected chi connectivity index (χ1v) is 9.28. The number of thiazole rings is 1. The molecule has 8 heteroatoms. The molecule has 0 bridgehead atoms. The minimum absolute atomic E-state index is 0. The van der Waals surface area contributed by atoms with Crippen LogP contribution in [0.3, 0.4) is 0 Å². The number of aryl methyl sites for hydroxylation is 1. The van der Waals surface area contributed by atoms with Crippen molar-refractivity contribution >= 4 is 29.7 Å². The van der Waals surface area contributed by atoms with Crippen molar-refractivity contribution in [2.24, 2.45) is 5.73 Å². The van der Waals surface area contributed by atoms with Crippen molar-refractivity contribution in [3.63, 3.8) is 0 Å². The van der Waals surface area contributed by atoms with E-state index >= 15 is 0 Å². The van der Waals surface area contributed by atoms with Crippen LogP contribution in [0.15, 0.2) is 48.8 Å². The van der Waals surface area contributed by atoms with Gasteiger partial charge in [0.2, 0.25) is 0 Å². The predicted octanol–water partition coefficient (Wildman–Crippen LogP) is 3.32. The predicted molar refractivity (Wildman–Crippen MR) is 110 cm³/mol. The minimum atomic E-state index is -0.0283. The van der Waals surface area contributed by atoms with Crippen LogP contribution in [0.1, 0.15) is 27.3 Å². The molecule has 0 spiro atoms. The van der Waals surface area contributed by atoms with Crippen molar-refractivity contribution < 1.29 is 4.79 Å². The normalized spacial score (nSPS) is 10.3. The maximum atomic E-state index is 13.1. The van der Waals surface area contributed by atoms with Gasteiger partial charge in [-0.1, -0.05) is 30.3 Å². The Morgan fingerprint density at radius 3 is 2.52 bits per heavy atom. The molecule has 2 heterocycles. The summed E-state index contributed by atoms with van der Waals surface area (Å²) in [6.45, 7) is 3.55. The van der Waals surface area contributed by atoms with E-state index in [0.717, 1.165) is 12.0 Å². The van der Waals surface area contributed by atoms with Gasteiger partial charge < -0.3 is 10.6 Å². The molecule has 0 aliphatic heterocycles. The van der Waals surface area contributed by atoms with Crippen LogP contribution in [-0.4, -0.2) is 38.8 Å². The molecule has 2 N–H and O–H groups in total. The summed E-state index contributed by atoms with van der Waals surface area (Å²) >= 11 is 1.33. The molecule has 2 aromatic heterocycles. The van der Waals surface area contributed by atoms with Gasteiger partial charge in [-0.15, -0.1) is 23.7 Å². The molecular formula is C19H22ClN5OS. The summed E-state index contributed by atoms with van der Waals surface area (Å²) in [5.41, 5.74) is 7.45. The minimum Gasteiger partial charge on any atom is -0.334 e. The maximum absolute atomic E-state index is 13.1. The zero-order valence-electron chi connectivity index (χ0n) is 15.0. The van der Waals surface area contributed by atoms with Crippen molar-refractivity contribution in [1.82, 2.24) is 19.9 Å². The van der Waals surface area contributed by atoms with Crippen molar-refractivity contribution in [2.75, 3.05) is 13.1 Å². The lowest BCUT2D eigenvalue weighted by atomic mass is 10.2. The SMILES string of the molecule is Cc1nc(-c2ncccn2)sc1C(=O)N(CCCN)Cc1ccccc1.Cl. The Balaban J connectivity index is 0.00000261. The average Bonchev–Trinajstić information content (AvgIpc) is 3.08. The fourth-order valence-electron chi connectivity index (χ4n) is 2.58. The van der Waals surface area contributed by atoms with E-state index in [1.165, 1.54) is 11.3 Å². The first-order chi connectivity index (χ1) is 12.7. The molecule has 0 atom stereocenters. The van der Waals surface area contributed by atoms with E-state index in [1.807, 2.05) is 42.2 Å². The second-order valence-corrected chi connectivity index (χ2v) is 6.86. The van der Waals surface area contributed by atoms with E-state index in [4.69, 9.17) is 5.73 Å². The number of rotatable bonds is 7. The molecule has 142 valence electrons. The van der Waals surface area contributed by atoms with E-state index in [1.54, 1.807) is 18.5 Å². The number of hydrogen-bond donors (Lipinski definition) is 1. The second-order valence-electron chi connectivity index (χ2n) is 5.86. The van der Waals surface area contributed by atoms with E-state index in [9.17, 15) is 4.79 Å². The first-order valence-electron chi connectivity index (χ1n) is 8.47. The van der Waals surface area contributed by atoms with Gasteiger partial charge in [0.25, 0.3) is 5.91 Å². The number of amides is 1. The van der Waals surface area contributed by atoms with Crippen LogP contribution in [0, 0.1) is 6.92 Å². The van der Waals surface area contributed by atoms with Gasteiger partial charge in [0.05, 0.1) is 5.69 Å². The van der Waals surface area contributed by atoms with Gasteiger partial charge in [0, 0.05) is 25.5 Å². The monoisotopic (exact) mass is 403 g/mol. The van der Waals surface area contributed by atoms with Crippen molar-refractivity contribution in [2.45, 2.75) is 19.9 Å². The van der Waals surface area contributed by atoms with Gasteiger partial charge in [0.15, 0.2) is 10.8 Å². The number of carbonyl (C=O) groups is 1. The molecule has 0 aliphatic rings. The van der Waals surface area contributed by atoms with Gasteiger partial charge in [-0.25, -0.2) is 15.0 Å². The first kappa shape index (κ1) is 21.0. The Labute approximate surface area is 168 Å². The summed E-state index contributed by atoms with van der Waals surface area (Å²) in [5.74, 6) is 0.510. The fourth-order valence-corrected chi connectivity index (χ4v) is 3.56. The van der Waals surface area contributed by atoms with Crippen LogP contribution in [-0.2, 0) is 6.54 Å². The van der Waals surface area contributed by atoms with Crippen LogP contribution in [0.5, 0.6) is 0 Å². The number of aromatic nitrogens is 3. The van der Waals surface area contributed by atoms with Crippen LogP contribution in [0.4, 0.5) is 0 Å². The van der Waals surface area contributed by atoms with Crippen molar-refractivity contribution in [1.29, 1.82) is 0 Å². The van der Waals surface area contributed by atoms with Crippen molar-refractivity contribution in [3.8, 4) is 10.8 Å². The number of benzene rings is 1. The summed E-state index contributed by atoms with van der Waals surface area (Å²) in [7, 11) is 0. The molecule has 0 saturated heterocycles. The summed E-state index contributed by atoms with van der Waals surface area (Å²) < 4.78 is 0. The third kappa shape index (κ3) is 5.32. The Kier molecular flexibility index (Phi) is 7.84. The number of nitrogens with zero attached hydrogens (tertiary/aromatic N) is 4. The summed E-state index contributed by atoms with van der Waals surface area (Å²) in [6.07, 6.45) is 4.10. The highest BCUT2D eigenvalue weighted by molar-refractivity contribution is 7.17. The van der Waals surface area contributed by atoms with Gasteiger partial charge in [0.1, 0.15) is 4.88 Å². The summed E-state index contributed by atoms with van der Waals surface area (Å²) in [6, 6.07) is 11.7. The molecule has 1 aromatic carbocycles. The highest BCUT2D eigenvalue weighted by Gasteiger charge is 2.22. The molecule has 0 saturated carbocycles. The van der Waals surface area contributed by atoms with E-state index in [0.29, 0.717) is 41.0 Å². The molecule has 0 fully saturated rings. The van der Waals surface area contributed by atoms with Crippen molar-refractivity contribution in [3.05, 3.63) is 64.9 Å². The largest absolute Gasteiger partial charge is 0.334 e. The zero-order valence-corrected chi connectivity index (χ0v) is 16.7. The highest BCUT2D eigenvalue weighted by Crippen LogP contribution is 2.26. The number of carbonyl (C=O) groups excluding carboxylic acids is 1. The van der Waals surface area contributed by atoms with E-state index in [2.05, 4.69) is 15.0 Å². The Morgan fingerprint density at radius 2 is 1.85 bits per heavy atom. The maximum Gasteiger partial charge on any atom is 0.266 e.